The maximum atomic E-state index is 12.0. The van der Waals surface area contributed by atoms with Gasteiger partial charge in [-0.2, -0.15) is 0 Å². The highest BCUT2D eigenvalue weighted by molar-refractivity contribution is 7.94. The smallest absolute Gasteiger partial charge is 0.254 e. The van der Waals surface area contributed by atoms with E-state index in [2.05, 4.69) is 20.2 Å². The first-order valence-electron chi connectivity index (χ1n) is 6.82. The van der Waals surface area contributed by atoms with Gasteiger partial charge < -0.3 is 10.2 Å². The molecule has 2 aliphatic heterocycles. The lowest BCUT2D eigenvalue weighted by Gasteiger charge is -2.15. The molecule has 21 heavy (non-hydrogen) atoms. The molecule has 3 heterocycles. The number of carbonyl (C=O) groups is 1. The van der Waals surface area contributed by atoms with E-state index in [0.717, 1.165) is 31.3 Å². The summed E-state index contributed by atoms with van der Waals surface area (Å²) in [5.41, 5.74) is 0.329. The van der Waals surface area contributed by atoms with Gasteiger partial charge in [0.15, 0.2) is 9.84 Å². The van der Waals surface area contributed by atoms with Crippen LogP contribution in [-0.2, 0) is 9.84 Å². The van der Waals surface area contributed by atoms with Crippen LogP contribution in [0.15, 0.2) is 23.9 Å². The third-order valence-electron chi connectivity index (χ3n) is 3.54. The van der Waals surface area contributed by atoms with Gasteiger partial charge in [-0.25, -0.2) is 18.4 Å². The van der Waals surface area contributed by atoms with Crippen molar-refractivity contribution in [3.8, 4) is 0 Å². The highest BCUT2D eigenvalue weighted by Gasteiger charge is 2.24. The molecule has 1 N–H and O–H groups in total. The Morgan fingerprint density at radius 1 is 1.24 bits per heavy atom. The minimum absolute atomic E-state index is 0.0918. The van der Waals surface area contributed by atoms with Gasteiger partial charge in [0.1, 0.15) is 0 Å². The summed E-state index contributed by atoms with van der Waals surface area (Å²) in [7, 11) is -3.17. The first-order chi connectivity index (χ1) is 10.0. The van der Waals surface area contributed by atoms with Crippen LogP contribution in [0.25, 0.3) is 0 Å². The van der Waals surface area contributed by atoms with E-state index >= 15 is 0 Å². The van der Waals surface area contributed by atoms with E-state index in [4.69, 9.17) is 0 Å². The Labute approximate surface area is 123 Å². The molecule has 1 aromatic rings. The van der Waals surface area contributed by atoms with Crippen molar-refractivity contribution in [1.82, 2.24) is 15.3 Å². The molecule has 1 saturated heterocycles. The summed E-state index contributed by atoms with van der Waals surface area (Å²) in [4.78, 5) is 22.5. The molecular formula is C13H16N4O3S. The zero-order valence-electron chi connectivity index (χ0n) is 11.4. The topological polar surface area (TPSA) is 92.3 Å². The standard InChI is InChI=1S/C13H16N4O3S/c18-12(16-11-3-6-21(19,20)9-11)10-7-14-13(15-8-10)17-4-1-2-5-17/h3,6-8,11H,1-2,4-5,9H2,(H,16,18). The Hall–Kier alpha value is -1.96. The summed E-state index contributed by atoms with van der Waals surface area (Å²) in [5.74, 6) is 0.174. The highest BCUT2D eigenvalue weighted by Crippen LogP contribution is 2.15. The van der Waals surface area contributed by atoms with Crippen molar-refractivity contribution in [2.45, 2.75) is 18.9 Å². The lowest BCUT2D eigenvalue weighted by Crippen LogP contribution is -2.35. The number of rotatable bonds is 3. The molecule has 1 amide bonds. The summed E-state index contributed by atoms with van der Waals surface area (Å²) in [6.07, 6.45) is 6.70. The average Bonchev–Trinajstić information content (AvgIpc) is 3.09. The molecular weight excluding hydrogens is 292 g/mol. The normalized spacial score (nSPS) is 23.4. The second-order valence-electron chi connectivity index (χ2n) is 5.20. The van der Waals surface area contributed by atoms with Gasteiger partial charge in [-0.15, -0.1) is 0 Å². The fraction of sp³-hybridized carbons (Fsp3) is 0.462. The molecule has 0 aliphatic carbocycles. The monoisotopic (exact) mass is 308 g/mol. The number of sulfone groups is 1. The second kappa shape index (κ2) is 5.44. The lowest BCUT2D eigenvalue weighted by molar-refractivity contribution is 0.0947. The third kappa shape index (κ3) is 3.21. The van der Waals surface area contributed by atoms with Gasteiger partial charge >= 0.3 is 0 Å². The van der Waals surface area contributed by atoms with E-state index in [-0.39, 0.29) is 11.7 Å². The van der Waals surface area contributed by atoms with E-state index in [1.807, 2.05) is 0 Å². The SMILES string of the molecule is O=C(NC1C=CS(=O)(=O)C1)c1cnc(N2CCCC2)nc1. The van der Waals surface area contributed by atoms with E-state index in [1.165, 1.54) is 18.5 Å². The maximum absolute atomic E-state index is 12.0. The van der Waals surface area contributed by atoms with Crippen LogP contribution < -0.4 is 10.2 Å². The van der Waals surface area contributed by atoms with Crippen LogP contribution in [0, 0.1) is 0 Å². The summed E-state index contributed by atoms with van der Waals surface area (Å²) >= 11 is 0. The molecule has 112 valence electrons. The first-order valence-corrected chi connectivity index (χ1v) is 8.54. The van der Waals surface area contributed by atoms with Crippen LogP contribution in [0.1, 0.15) is 23.2 Å². The molecule has 1 aromatic heterocycles. The van der Waals surface area contributed by atoms with Gasteiger partial charge in [-0.05, 0) is 18.9 Å². The Balaban J connectivity index is 1.64. The van der Waals surface area contributed by atoms with Crippen molar-refractivity contribution in [2.24, 2.45) is 0 Å². The van der Waals surface area contributed by atoms with Crippen molar-refractivity contribution in [2.75, 3.05) is 23.7 Å². The summed E-state index contributed by atoms with van der Waals surface area (Å²) < 4.78 is 22.6. The Bertz CT molecular complexity index is 663. The van der Waals surface area contributed by atoms with Crippen molar-refractivity contribution < 1.29 is 13.2 Å². The average molecular weight is 308 g/mol. The van der Waals surface area contributed by atoms with E-state index < -0.39 is 15.9 Å². The molecule has 2 aliphatic rings. The summed E-state index contributed by atoms with van der Waals surface area (Å²) in [6, 6.07) is -0.485. The van der Waals surface area contributed by atoms with E-state index in [9.17, 15) is 13.2 Å². The number of anilines is 1. The third-order valence-corrected chi connectivity index (χ3v) is 4.93. The predicted octanol–water partition coefficient (Wildman–Crippen LogP) is 0.117. The Morgan fingerprint density at radius 3 is 2.48 bits per heavy atom. The number of nitrogens with zero attached hydrogens (tertiary/aromatic N) is 3. The van der Waals surface area contributed by atoms with E-state index in [0.29, 0.717) is 11.5 Å². The molecule has 0 saturated carbocycles. The minimum atomic E-state index is -3.17. The number of hydrogen-bond donors (Lipinski definition) is 1. The first kappa shape index (κ1) is 14.0. The molecule has 0 spiro atoms. The fourth-order valence-electron chi connectivity index (χ4n) is 2.44. The molecule has 1 fully saturated rings. The number of aromatic nitrogens is 2. The van der Waals surface area contributed by atoms with Crippen molar-refractivity contribution >= 4 is 21.7 Å². The summed E-state index contributed by atoms with van der Waals surface area (Å²) in [6.45, 7) is 1.88. The van der Waals surface area contributed by atoms with Gasteiger partial charge in [0.25, 0.3) is 5.91 Å². The highest BCUT2D eigenvalue weighted by atomic mass is 32.2. The fourth-order valence-corrected chi connectivity index (χ4v) is 3.67. The number of amides is 1. The second-order valence-corrected chi connectivity index (χ2v) is 7.14. The zero-order chi connectivity index (χ0) is 14.9. The van der Waals surface area contributed by atoms with Crippen LogP contribution in [0.2, 0.25) is 0 Å². The van der Waals surface area contributed by atoms with Crippen LogP contribution in [0.4, 0.5) is 5.95 Å². The van der Waals surface area contributed by atoms with Crippen LogP contribution in [-0.4, -0.2) is 49.2 Å². The quantitative estimate of drug-likeness (QED) is 0.852. The molecule has 0 aromatic carbocycles. The molecule has 1 atom stereocenters. The van der Waals surface area contributed by atoms with Crippen molar-refractivity contribution in [3.05, 3.63) is 29.4 Å². The molecule has 0 radical (unpaired) electrons. The summed E-state index contributed by atoms with van der Waals surface area (Å²) in [5, 5.41) is 3.77. The van der Waals surface area contributed by atoms with Gasteiger partial charge in [-0.1, -0.05) is 0 Å². The lowest BCUT2D eigenvalue weighted by atomic mass is 10.2. The van der Waals surface area contributed by atoms with Crippen LogP contribution in [0.5, 0.6) is 0 Å². The van der Waals surface area contributed by atoms with Gasteiger partial charge in [0, 0.05) is 30.9 Å². The van der Waals surface area contributed by atoms with Crippen LogP contribution in [0.3, 0.4) is 0 Å². The number of carbonyl (C=O) groups excluding carboxylic acids is 1. The van der Waals surface area contributed by atoms with Crippen molar-refractivity contribution in [1.29, 1.82) is 0 Å². The van der Waals surface area contributed by atoms with Gasteiger partial charge in [-0.3, -0.25) is 4.79 Å². The van der Waals surface area contributed by atoms with E-state index in [1.54, 1.807) is 0 Å². The molecule has 0 bridgehead atoms. The zero-order valence-corrected chi connectivity index (χ0v) is 12.2. The van der Waals surface area contributed by atoms with Crippen LogP contribution >= 0.6 is 0 Å². The molecule has 3 rings (SSSR count). The molecule has 1 unspecified atom stereocenters. The largest absolute Gasteiger partial charge is 0.345 e. The predicted molar refractivity (Wildman–Crippen MR) is 77.7 cm³/mol. The minimum Gasteiger partial charge on any atom is -0.345 e. The molecule has 8 heteroatoms. The number of hydrogen-bond acceptors (Lipinski definition) is 6. The number of nitrogens with one attached hydrogen (secondary N) is 1. The van der Waals surface area contributed by atoms with Crippen molar-refractivity contribution in [3.63, 3.8) is 0 Å². The maximum Gasteiger partial charge on any atom is 0.254 e. The molecule has 7 nitrogen and oxygen atoms in total. The van der Waals surface area contributed by atoms with Gasteiger partial charge in [0.2, 0.25) is 5.95 Å². The van der Waals surface area contributed by atoms with Gasteiger partial charge in [0.05, 0.1) is 17.4 Å². The Morgan fingerprint density at radius 2 is 1.90 bits per heavy atom. The Kier molecular flexibility index (Phi) is 3.62.